The van der Waals surface area contributed by atoms with Crippen LogP contribution in [0.4, 0.5) is 0 Å². The van der Waals surface area contributed by atoms with Crippen molar-refractivity contribution in [3.05, 3.63) is 22.7 Å². The Hall–Kier alpha value is -1.99. The maximum absolute atomic E-state index is 12.0. The standard InChI is InChI=1S/C13H16ClNO6/c1-20-10-6-7(5-8(14)11(10)21-2)12(17)15-9(3-4-16)13(18)19/h5-6,9,16H,3-4H2,1-2H3,(H,15,17)(H,18,19)/t9-/m1/s1. The van der Waals surface area contributed by atoms with Gasteiger partial charge in [0.15, 0.2) is 11.5 Å². The second kappa shape index (κ2) is 7.70. The fraction of sp³-hybridized carbons (Fsp3) is 0.385. The van der Waals surface area contributed by atoms with Crippen molar-refractivity contribution in [2.45, 2.75) is 12.5 Å². The summed E-state index contributed by atoms with van der Waals surface area (Å²) in [6.45, 7) is -0.357. The van der Waals surface area contributed by atoms with E-state index < -0.39 is 17.9 Å². The van der Waals surface area contributed by atoms with Crippen LogP contribution in [-0.2, 0) is 4.79 Å². The fourth-order valence-corrected chi connectivity index (χ4v) is 1.96. The number of nitrogens with one attached hydrogen (secondary N) is 1. The lowest BCUT2D eigenvalue weighted by molar-refractivity contribution is -0.139. The van der Waals surface area contributed by atoms with Crippen LogP contribution in [0.1, 0.15) is 16.8 Å². The van der Waals surface area contributed by atoms with Gasteiger partial charge in [0, 0.05) is 18.6 Å². The molecule has 0 aromatic heterocycles. The molecule has 0 spiro atoms. The Balaban J connectivity index is 3.02. The van der Waals surface area contributed by atoms with Gasteiger partial charge in [-0.2, -0.15) is 0 Å². The van der Waals surface area contributed by atoms with E-state index in [0.717, 1.165) is 0 Å². The lowest BCUT2D eigenvalue weighted by Crippen LogP contribution is -2.41. The molecule has 7 nitrogen and oxygen atoms in total. The van der Waals surface area contributed by atoms with Crippen LogP contribution in [0.5, 0.6) is 11.5 Å². The summed E-state index contributed by atoms with van der Waals surface area (Å²) in [6.07, 6.45) is -0.0951. The molecule has 1 amide bonds. The third-order valence-corrected chi connectivity index (χ3v) is 3.00. The summed E-state index contributed by atoms with van der Waals surface area (Å²) in [5, 5.41) is 20.2. The molecular formula is C13H16ClNO6. The van der Waals surface area contributed by atoms with E-state index >= 15 is 0 Å². The van der Waals surface area contributed by atoms with Crippen molar-refractivity contribution in [3.63, 3.8) is 0 Å². The number of ether oxygens (including phenoxy) is 2. The summed E-state index contributed by atoms with van der Waals surface area (Å²) < 4.78 is 10.1. The highest BCUT2D eigenvalue weighted by Gasteiger charge is 2.22. The Morgan fingerprint density at radius 2 is 2.00 bits per heavy atom. The van der Waals surface area contributed by atoms with Crippen molar-refractivity contribution >= 4 is 23.5 Å². The number of halogens is 1. The minimum Gasteiger partial charge on any atom is -0.493 e. The molecule has 1 aromatic carbocycles. The maximum Gasteiger partial charge on any atom is 0.326 e. The lowest BCUT2D eigenvalue weighted by atomic mass is 10.1. The van der Waals surface area contributed by atoms with E-state index in [1.54, 1.807) is 0 Å². The van der Waals surface area contributed by atoms with Crippen molar-refractivity contribution in [1.29, 1.82) is 0 Å². The number of aliphatic hydroxyl groups excluding tert-OH is 1. The Bertz CT molecular complexity index is 534. The zero-order valence-corrected chi connectivity index (χ0v) is 12.3. The number of benzene rings is 1. The quantitative estimate of drug-likeness (QED) is 0.690. The number of aliphatic hydroxyl groups is 1. The first kappa shape index (κ1) is 17.1. The highest BCUT2D eigenvalue weighted by Crippen LogP contribution is 2.35. The summed E-state index contributed by atoms with van der Waals surface area (Å²) in [5.74, 6) is -1.34. The van der Waals surface area contributed by atoms with Gasteiger partial charge in [-0.25, -0.2) is 4.79 Å². The first-order chi connectivity index (χ1) is 9.94. The summed E-state index contributed by atoms with van der Waals surface area (Å²) in [6, 6.07) is 1.54. The lowest BCUT2D eigenvalue weighted by Gasteiger charge is -2.15. The minimum absolute atomic E-state index is 0.0951. The number of carbonyl (C=O) groups is 2. The zero-order chi connectivity index (χ0) is 16.0. The van der Waals surface area contributed by atoms with Crippen molar-refractivity contribution in [1.82, 2.24) is 5.32 Å². The molecule has 1 atom stereocenters. The summed E-state index contributed by atoms with van der Waals surface area (Å²) in [4.78, 5) is 23.0. The van der Waals surface area contributed by atoms with Crippen molar-refractivity contribution in [2.24, 2.45) is 0 Å². The molecule has 0 aliphatic heterocycles. The van der Waals surface area contributed by atoms with E-state index in [2.05, 4.69) is 5.32 Å². The molecule has 0 aliphatic carbocycles. The van der Waals surface area contributed by atoms with Crippen LogP contribution < -0.4 is 14.8 Å². The normalized spacial score (nSPS) is 11.6. The zero-order valence-electron chi connectivity index (χ0n) is 11.6. The van der Waals surface area contributed by atoms with Gasteiger partial charge in [0.1, 0.15) is 6.04 Å². The van der Waals surface area contributed by atoms with E-state index in [4.69, 9.17) is 31.3 Å². The molecule has 0 saturated carbocycles. The third-order valence-electron chi connectivity index (χ3n) is 2.72. The summed E-state index contributed by atoms with van der Waals surface area (Å²) in [5.41, 5.74) is 0.127. The average Bonchev–Trinajstić information content (AvgIpc) is 2.45. The summed E-state index contributed by atoms with van der Waals surface area (Å²) in [7, 11) is 2.80. The molecule has 0 bridgehead atoms. The minimum atomic E-state index is -1.23. The van der Waals surface area contributed by atoms with Crippen LogP contribution in [0.3, 0.4) is 0 Å². The van der Waals surface area contributed by atoms with Crippen LogP contribution >= 0.6 is 11.6 Å². The molecule has 1 rings (SSSR count). The van der Waals surface area contributed by atoms with E-state index in [1.807, 2.05) is 0 Å². The number of methoxy groups -OCH3 is 2. The van der Waals surface area contributed by atoms with Gasteiger partial charge in [-0.15, -0.1) is 0 Å². The molecule has 0 radical (unpaired) electrons. The predicted octanol–water partition coefficient (Wildman–Crippen LogP) is 0.923. The first-order valence-electron chi connectivity index (χ1n) is 6.00. The molecule has 21 heavy (non-hydrogen) atoms. The van der Waals surface area contributed by atoms with Gasteiger partial charge in [0.25, 0.3) is 5.91 Å². The van der Waals surface area contributed by atoms with Gasteiger partial charge >= 0.3 is 5.97 Å². The Morgan fingerprint density at radius 1 is 1.33 bits per heavy atom. The van der Waals surface area contributed by atoms with Gasteiger partial charge in [-0.3, -0.25) is 4.79 Å². The van der Waals surface area contributed by atoms with E-state index in [0.29, 0.717) is 0 Å². The average molecular weight is 318 g/mol. The largest absolute Gasteiger partial charge is 0.493 e. The molecule has 0 fully saturated rings. The Kier molecular flexibility index (Phi) is 6.26. The monoisotopic (exact) mass is 317 g/mol. The van der Waals surface area contributed by atoms with Gasteiger partial charge in [0.2, 0.25) is 0 Å². The van der Waals surface area contributed by atoms with Crippen LogP contribution in [0, 0.1) is 0 Å². The van der Waals surface area contributed by atoms with Gasteiger partial charge in [-0.05, 0) is 12.1 Å². The first-order valence-corrected chi connectivity index (χ1v) is 6.38. The number of amides is 1. The molecule has 0 saturated heterocycles. The molecule has 116 valence electrons. The van der Waals surface area contributed by atoms with Gasteiger partial charge in [-0.1, -0.05) is 11.6 Å². The number of aliphatic carboxylic acids is 1. The highest BCUT2D eigenvalue weighted by atomic mass is 35.5. The number of carboxylic acid groups (broad SMARTS) is 1. The summed E-state index contributed by atoms with van der Waals surface area (Å²) >= 11 is 5.98. The van der Waals surface area contributed by atoms with Crippen molar-refractivity contribution in [2.75, 3.05) is 20.8 Å². The van der Waals surface area contributed by atoms with Gasteiger partial charge < -0.3 is 25.0 Å². The second-order valence-electron chi connectivity index (χ2n) is 4.07. The number of hydrogen-bond donors (Lipinski definition) is 3. The molecule has 0 unspecified atom stereocenters. The Morgan fingerprint density at radius 3 is 2.48 bits per heavy atom. The molecule has 8 heteroatoms. The van der Waals surface area contributed by atoms with Crippen LogP contribution in [-0.4, -0.2) is 49.0 Å². The number of rotatable bonds is 7. The molecule has 0 heterocycles. The topological polar surface area (TPSA) is 105 Å². The molecule has 3 N–H and O–H groups in total. The molecule has 1 aromatic rings. The number of carbonyl (C=O) groups excluding carboxylic acids is 1. The highest BCUT2D eigenvalue weighted by molar-refractivity contribution is 6.32. The third kappa shape index (κ3) is 4.24. The maximum atomic E-state index is 12.0. The van der Waals surface area contributed by atoms with Gasteiger partial charge in [0.05, 0.1) is 19.2 Å². The number of carboxylic acids is 1. The van der Waals surface area contributed by atoms with E-state index in [9.17, 15) is 9.59 Å². The second-order valence-corrected chi connectivity index (χ2v) is 4.48. The van der Waals surface area contributed by atoms with E-state index in [1.165, 1.54) is 26.4 Å². The fourth-order valence-electron chi connectivity index (χ4n) is 1.68. The van der Waals surface area contributed by atoms with Crippen LogP contribution in [0.15, 0.2) is 12.1 Å². The Labute approximate surface area is 126 Å². The smallest absolute Gasteiger partial charge is 0.326 e. The SMILES string of the molecule is COc1cc(C(=O)N[C@H](CCO)C(=O)O)cc(Cl)c1OC. The molecular weight excluding hydrogens is 302 g/mol. The van der Waals surface area contributed by atoms with E-state index in [-0.39, 0.29) is 35.1 Å². The predicted molar refractivity (Wildman–Crippen MR) is 75.1 cm³/mol. The van der Waals surface area contributed by atoms with Crippen molar-refractivity contribution in [3.8, 4) is 11.5 Å². The van der Waals surface area contributed by atoms with Crippen LogP contribution in [0.25, 0.3) is 0 Å². The number of hydrogen-bond acceptors (Lipinski definition) is 5. The van der Waals surface area contributed by atoms with Crippen molar-refractivity contribution < 1.29 is 29.3 Å². The van der Waals surface area contributed by atoms with Crippen LogP contribution in [0.2, 0.25) is 5.02 Å². The molecule has 0 aliphatic rings.